The predicted molar refractivity (Wildman–Crippen MR) is 149 cm³/mol. The van der Waals surface area contributed by atoms with Crippen LogP contribution in [0.1, 0.15) is 37.5 Å². The largest absolute Gasteiger partial charge is 0.489 e. The van der Waals surface area contributed by atoms with Crippen LogP contribution in [0.25, 0.3) is 22.1 Å². The highest BCUT2D eigenvalue weighted by Gasteiger charge is 2.16. The van der Waals surface area contributed by atoms with Gasteiger partial charge in [0.05, 0.1) is 19.8 Å². The van der Waals surface area contributed by atoms with Crippen molar-refractivity contribution < 1.29 is 28.2 Å². The Morgan fingerprint density at radius 1 is 1.00 bits per heavy atom. The van der Waals surface area contributed by atoms with Crippen molar-refractivity contribution >= 4 is 39.0 Å². The summed E-state index contributed by atoms with van der Waals surface area (Å²) < 4.78 is 23.0. The zero-order chi connectivity index (χ0) is 27.3. The van der Waals surface area contributed by atoms with Gasteiger partial charge in [-0.3, -0.25) is 4.79 Å². The van der Waals surface area contributed by atoms with Crippen molar-refractivity contribution in [3.8, 4) is 16.9 Å². The molecule has 1 amide bonds. The van der Waals surface area contributed by atoms with E-state index in [1.165, 1.54) is 7.11 Å². The number of benzene rings is 3. The molecule has 7 nitrogen and oxygen atoms in total. The van der Waals surface area contributed by atoms with E-state index in [1.54, 1.807) is 6.26 Å². The monoisotopic (exact) mass is 579 g/mol. The fraction of sp³-hybridized carbons (Fsp3) is 0.267. The molecule has 38 heavy (non-hydrogen) atoms. The first-order chi connectivity index (χ1) is 18.1. The number of rotatable bonds is 8. The van der Waals surface area contributed by atoms with Gasteiger partial charge in [0, 0.05) is 27.5 Å². The summed E-state index contributed by atoms with van der Waals surface area (Å²) >= 11 is 3.45. The highest BCUT2D eigenvalue weighted by molar-refractivity contribution is 9.10. The molecule has 3 aromatic carbocycles. The number of methoxy groups -OCH3 is 1. The van der Waals surface area contributed by atoms with E-state index in [-0.39, 0.29) is 12.4 Å². The average Bonchev–Trinajstić information content (AvgIpc) is 3.34. The Kier molecular flexibility index (Phi) is 8.42. The van der Waals surface area contributed by atoms with Crippen LogP contribution in [-0.2, 0) is 33.8 Å². The van der Waals surface area contributed by atoms with Crippen molar-refractivity contribution in [2.75, 3.05) is 7.11 Å². The minimum atomic E-state index is -0.560. The first-order valence-electron chi connectivity index (χ1n) is 12.2. The lowest BCUT2D eigenvalue weighted by Crippen LogP contribution is -2.32. The number of halogens is 1. The van der Waals surface area contributed by atoms with E-state index in [0.717, 1.165) is 43.3 Å². The second-order valence-corrected chi connectivity index (χ2v) is 10.7. The van der Waals surface area contributed by atoms with Gasteiger partial charge in [0.1, 0.15) is 23.5 Å². The number of amides is 1. The fourth-order valence-electron chi connectivity index (χ4n) is 3.99. The lowest BCUT2D eigenvalue weighted by Gasteiger charge is -2.19. The van der Waals surface area contributed by atoms with E-state index in [0.29, 0.717) is 18.9 Å². The summed E-state index contributed by atoms with van der Waals surface area (Å²) in [6, 6.07) is 19.4. The van der Waals surface area contributed by atoms with Crippen LogP contribution < -0.4 is 10.1 Å². The Bertz CT molecular complexity index is 1450. The molecule has 0 aliphatic rings. The molecular weight excluding hydrogens is 550 g/mol. The number of fused-ring (bicyclic) bond motifs is 1. The van der Waals surface area contributed by atoms with Crippen molar-refractivity contribution in [1.82, 2.24) is 5.32 Å². The van der Waals surface area contributed by atoms with Gasteiger partial charge < -0.3 is 23.9 Å². The van der Waals surface area contributed by atoms with Gasteiger partial charge >= 0.3 is 12.1 Å². The van der Waals surface area contributed by atoms with Crippen LogP contribution in [0.3, 0.4) is 0 Å². The van der Waals surface area contributed by atoms with Crippen LogP contribution in [0.4, 0.5) is 4.79 Å². The Labute approximate surface area is 230 Å². The maximum absolute atomic E-state index is 12.1. The van der Waals surface area contributed by atoms with Gasteiger partial charge in [0.15, 0.2) is 0 Å². The third kappa shape index (κ3) is 7.16. The second kappa shape index (κ2) is 11.7. The van der Waals surface area contributed by atoms with Gasteiger partial charge in [0.2, 0.25) is 0 Å². The van der Waals surface area contributed by atoms with Crippen LogP contribution in [0.15, 0.2) is 75.8 Å². The molecule has 1 heterocycles. The predicted octanol–water partition coefficient (Wildman–Crippen LogP) is 7.18. The second-order valence-electron chi connectivity index (χ2n) is 9.83. The highest BCUT2D eigenvalue weighted by Crippen LogP contribution is 2.33. The first-order valence-corrected chi connectivity index (χ1v) is 12.9. The van der Waals surface area contributed by atoms with Crippen LogP contribution in [0.5, 0.6) is 5.75 Å². The molecule has 4 aromatic rings. The number of esters is 1. The van der Waals surface area contributed by atoms with Crippen molar-refractivity contribution in [3.63, 3.8) is 0 Å². The Morgan fingerprint density at radius 2 is 1.82 bits per heavy atom. The number of hydrogen-bond acceptors (Lipinski definition) is 6. The number of hydrogen-bond donors (Lipinski definition) is 1. The van der Waals surface area contributed by atoms with Crippen molar-refractivity contribution in [3.05, 3.63) is 88.1 Å². The molecule has 198 valence electrons. The number of alkyl carbamates (subject to hydrolysis) is 1. The van der Waals surface area contributed by atoms with Gasteiger partial charge in [-0.15, -0.1) is 0 Å². The number of carbonyl (C=O) groups excluding carboxylic acids is 2. The van der Waals surface area contributed by atoms with Gasteiger partial charge in [-0.2, -0.15) is 0 Å². The lowest BCUT2D eigenvalue weighted by molar-refractivity contribution is -0.139. The van der Waals surface area contributed by atoms with E-state index in [4.69, 9.17) is 18.6 Å². The molecule has 0 saturated heterocycles. The quantitative estimate of drug-likeness (QED) is 0.222. The van der Waals surface area contributed by atoms with Crippen LogP contribution in [0.2, 0.25) is 0 Å². The first kappa shape index (κ1) is 27.3. The molecule has 1 N–H and O–H groups in total. The third-order valence-electron chi connectivity index (χ3n) is 5.66. The van der Waals surface area contributed by atoms with E-state index < -0.39 is 11.7 Å². The molecule has 0 fully saturated rings. The summed E-state index contributed by atoms with van der Waals surface area (Å²) in [5.74, 6) is 0.277. The molecule has 0 radical (unpaired) electrons. The summed E-state index contributed by atoms with van der Waals surface area (Å²) in [7, 11) is 1.37. The maximum atomic E-state index is 12.1. The molecule has 0 atom stereocenters. The topological polar surface area (TPSA) is 87.0 Å². The number of nitrogens with one attached hydrogen (secondary N) is 1. The molecule has 0 aliphatic carbocycles. The molecule has 0 spiro atoms. The smallest absolute Gasteiger partial charge is 0.407 e. The standard InChI is InChI=1S/C30H30BrNO6/c1-30(2,3)38-29(34)32-17-19-6-5-7-21(12-19)25-14-20(13-22-10-11-36-28(22)25)18-37-26-9-8-24(31)15-23(26)16-27(33)35-4/h5-15H,16-18H2,1-4H3,(H,32,34). The zero-order valence-corrected chi connectivity index (χ0v) is 23.4. The molecule has 0 saturated carbocycles. The summed E-state index contributed by atoms with van der Waals surface area (Å²) in [5.41, 5.74) is 4.67. The van der Waals surface area contributed by atoms with Crippen molar-refractivity contribution in [2.24, 2.45) is 0 Å². The van der Waals surface area contributed by atoms with E-state index in [2.05, 4.69) is 21.2 Å². The highest BCUT2D eigenvalue weighted by atomic mass is 79.9. The van der Waals surface area contributed by atoms with Crippen LogP contribution >= 0.6 is 15.9 Å². The molecule has 1 aromatic heterocycles. The minimum absolute atomic E-state index is 0.113. The molecular formula is C30H30BrNO6. The summed E-state index contributed by atoms with van der Waals surface area (Å²) in [6.07, 6.45) is 1.31. The van der Waals surface area contributed by atoms with E-state index in [1.807, 2.05) is 81.4 Å². The van der Waals surface area contributed by atoms with E-state index >= 15 is 0 Å². The number of ether oxygens (including phenoxy) is 3. The molecule has 4 rings (SSSR count). The van der Waals surface area contributed by atoms with Crippen LogP contribution in [-0.4, -0.2) is 24.8 Å². The minimum Gasteiger partial charge on any atom is -0.489 e. The van der Waals surface area contributed by atoms with Crippen LogP contribution in [0, 0.1) is 0 Å². The Hall–Kier alpha value is -3.78. The maximum Gasteiger partial charge on any atom is 0.407 e. The van der Waals surface area contributed by atoms with E-state index in [9.17, 15) is 9.59 Å². The lowest BCUT2D eigenvalue weighted by atomic mass is 9.99. The van der Waals surface area contributed by atoms with Crippen molar-refractivity contribution in [1.29, 1.82) is 0 Å². The molecule has 8 heteroatoms. The average molecular weight is 580 g/mol. The van der Waals surface area contributed by atoms with Gasteiger partial charge in [-0.25, -0.2) is 4.79 Å². The van der Waals surface area contributed by atoms with Gasteiger partial charge in [-0.05, 0) is 79.9 Å². The van der Waals surface area contributed by atoms with Gasteiger partial charge in [-0.1, -0.05) is 34.1 Å². The number of carbonyl (C=O) groups is 2. The molecule has 0 aliphatic heterocycles. The molecule has 0 unspecified atom stereocenters. The SMILES string of the molecule is COC(=O)Cc1cc(Br)ccc1OCc1cc(-c2cccc(CNC(=O)OC(C)(C)C)c2)c2occc2c1. The number of furan rings is 1. The summed E-state index contributed by atoms with van der Waals surface area (Å²) in [4.78, 5) is 24.0. The molecule has 0 bridgehead atoms. The zero-order valence-electron chi connectivity index (χ0n) is 21.8. The van der Waals surface area contributed by atoms with Crippen molar-refractivity contribution in [2.45, 2.75) is 45.9 Å². The van der Waals surface area contributed by atoms with Gasteiger partial charge in [0.25, 0.3) is 0 Å². The summed E-state index contributed by atoms with van der Waals surface area (Å²) in [5, 5.41) is 3.75. The Morgan fingerprint density at radius 3 is 2.58 bits per heavy atom. The summed E-state index contributed by atoms with van der Waals surface area (Å²) in [6.45, 7) is 6.11. The Balaban J connectivity index is 1.56. The third-order valence-corrected chi connectivity index (χ3v) is 6.16. The normalized spacial score (nSPS) is 11.3. The fourth-order valence-corrected chi connectivity index (χ4v) is 4.40.